The van der Waals surface area contributed by atoms with Crippen LogP contribution in [0.25, 0.3) is 5.70 Å². The number of rotatable bonds is 6. The molecule has 0 aliphatic carbocycles. The SMILES string of the molecule is CCOC(=O)C(C(=O)CC)=C(c1ccc(Cl)cc1Cl)N1CCNCC1. The van der Waals surface area contributed by atoms with Gasteiger partial charge >= 0.3 is 5.97 Å². The third-order valence-electron chi connectivity index (χ3n) is 3.94. The fourth-order valence-electron chi connectivity index (χ4n) is 2.76. The van der Waals surface area contributed by atoms with Crippen LogP contribution in [0.1, 0.15) is 25.8 Å². The number of hydrogen-bond donors (Lipinski definition) is 1. The maximum absolute atomic E-state index is 12.6. The summed E-state index contributed by atoms with van der Waals surface area (Å²) < 4.78 is 5.15. The van der Waals surface area contributed by atoms with Crippen LogP contribution in [0.5, 0.6) is 0 Å². The van der Waals surface area contributed by atoms with Crippen molar-refractivity contribution in [3.63, 3.8) is 0 Å². The summed E-state index contributed by atoms with van der Waals surface area (Å²) in [6.45, 7) is 6.47. The summed E-state index contributed by atoms with van der Waals surface area (Å²) in [5, 5.41) is 4.15. The molecule has 25 heavy (non-hydrogen) atoms. The molecule has 1 N–H and O–H groups in total. The van der Waals surface area contributed by atoms with Crippen LogP contribution in [-0.4, -0.2) is 49.4 Å². The van der Waals surface area contributed by atoms with Crippen molar-refractivity contribution >= 4 is 40.7 Å². The number of piperazine rings is 1. The highest BCUT2D eigenvalue weighted by atomic mass is 35.5. The molecule has 1 aliphatic rings. The highest BCUT2D eigenvalue weighted by Crippen LogP contribution is 2.32. The third-order valence-corrected chi connectivity index (χ3v) is 4.48. The van der Waals surface area contributed by atoms with Gasteiger partial charge in [0, 0.05) is 43.2 Å². The van der Waals surface area contributed by atoms with E-state index >= 15 is 0 Å². The van der Waals surface area contributed by atoms with Crippen molar-refractivity contribution in [1.82, 2.24) is 10.2 Å². The molecule has 7 heteroatoms. The second kappa shape index (κ2) is 9.22. The van der Waals surface area contributed by atoms with Crippen molar-refractivity contribution in [2.75, 3.05) is 32.8 Å². The van der Waals surface area contributed by atoms with Gasteiger partial charge in [0.2, 0.25) is 0 Å². The van der Waals surface area contributed by atoms with E-state index in [-0.39, 0.29) is 24.4 Å². The minimum Gasteiger partial charge on any atom is -0.462 e. The summed E-state index contributed by atoms with van der Waals surface area (Å²) in [5.41, 5.74) is 1.18. The monoisotopic (exact) mass is 384 g/mol. The van der Waals surface area contributed by atoms with Crippen LogP contribution < -0.4 is 5.32 Å². The molecule has 1 saturated heterocycles. The lowest BCUT2D eigenvalue weighted by atomic mass is 9.99. The van der Waals surface area contributed by atoms with Gasteiger partial charge in [-0.05, 0) is 25.1 Å². The number of halogens is 2. The van der Waals surface area contributed by atoms with E-state index in [9.17, 15) is 9.59 Å². The van der Waals surface area contributed by atoms with Crippen molar-refractivity contribution in [1.29, 1.82) is 0 Å². The van der Waals surface area contributed by atoms with Gasteiger partial charge in [-0.3, -0.25) is 4.79 Å². The second-order valence-electron chi connectivity index (χ2n) is 5.58. The Bertz CT molecular complexity index is 683. The summed E-state index contributed by atoms with van der Waals surface area (Å²) in [6.07, 6.45) is 0.203. The Morgan fingerprint density at radius 1 is 1.20 bits per heavy atom. The van der Waals surface area contributed by atoms with Gasteiger partial charge in [0.1, 0.15) is 5.57 Å². The highest BCUT2D eigenvalue weighted by Gasteiger charge is 2.29. The molecule has 136 valence electrons. The topological polar surface area (TPSA) is 58.6 Å². The Morgan fingerprint density at radius 3 is 2.44 bits per heavy atom. The van der Waals surface area contributed by atoms with E-state index in [4.69, 9.17) is 27.9 Å². The van der Waals surface area contributed by atoms with Crippen LogP contribution in [-0.2, 0) is 14.3 Å². The van der Waals surface area contributed by atoms with Crippen molar-refractivity contribution in [3.8, 4) is 0 Å². The van der Waals surface area contributed by atoms with Gasteiger partial charge in [-0.2, -0.15) is 0 Å². The number of nitrogens with zero attached hydrogens (tertiary/aromatic N) is 1. The molecule has 0 spiro atoms. The van der Waals surface area contributed by atoms with Crippen LogP contribution in [0.15, 0.2) is 23.8 Å². The van der Waals surface area contributed by atoms with Crippen molar-refractivity contribution in [3.05, 3.63) is 39.4 Å². The van der Waals surface area contributed by atoms with Crippen LogP contribution in [0, 0.1) is 0 Å². The molecular formula is C18H22Cl2N2O3. The Hall–Kier alpha value is -1.56. The molecule has 0 aromatic heterocycles. The second-order valence-corrected chi connectivity index (χ2v) is 6.43. The predicted molar refractivity (Wildman–Crippen MR) is 99.8 cm³/mol. The van der Waals surface area contributed by atoms with E-state index in [0.717, 1.165) is 13.1 Å². The smallest absolute Gasteiger partial charge is 0.343 e. The van der Waals surface area contributed by atoms with Gasteiger partial charge in [-0.1, -0.05) is 30.1 Å². The lowest BCUT2D eigenvalue weighted by Crippen LogP contribution is -2.43. The number of carbonyl (C=O) groups is 2. The van der Waals surface area contributed by atoms with Gasteiger partial charge < -0.3 is 15.0 Å². The molecule has 1 aromatic rings. The first kappa shape index (κ1) is 19.8. The lowest BCUT2D eigenvalue weighted by Gasteiger charge is -2.33. The van der Waals surface area contributed by atoms with E-state index in [1.54, 1.807) is 32.0 Å². The number of nitrogens with one attached hydrogen (secondary N) is 1. The molecule has 0 radical (unpaired) electrons. The Balaban J connectivity index is 2.68. The van der Waals surface area contributed by atoms with E-state index in [0.29, 0.717) is 34.4 Å². The number of Topliss-reactive ketones (excluding diaryl/α,β-unsaturated/α-hetero) is 1. The fourth-order valence-corrected chi connectivity index (χ4v) is 3.25. The molecular weight excluding hydrogens is 363 g/mol. The molecule has 1 aliphatic heterocycles. The summed E-state index contributed by atoms with van der Waals surface area (Å²) >= 11 is 12.4. The van der Waals surface area contributed by atoms with Crippen molar-refractivity contribution in [2.45, 2.75) is 20.3 Å². The number of carbonyl (C=O) groups excluding carboxylic acids is 2. The third kappa shape index (κ3) is 4.75. The minimum atomic E-state index is -0.617. The first-order chi connectivity index (χ1) is 12.0. The quantitative estimate of drug-likeness (QED) is 0.353. The minimum absolute atomic E-state index is 0.0514. The average Bonchev–Trinajstić information content (AvgIpc) is 2.60. The van der Waals surface area contributed by atoms with Crippen LogP contribution in [0.2, 0.25) is 10.0 Å². The molecule has 0 amide bonds. The zero-order chi connectivity index (χ0) is 18.4. The molecule has 1 fully saturated rings. The summed E-state index contributed by atoms with van der Waals surface area (Å²) in [6, 6.07) is 5.05. The van der Waals surface area contributed by atoms with Crippen molar-refractivity contribution in [2.24, 2.45) is 0 Å². The first-order valence-corrected chi connectivity index (χ1v) is 9.10. The molecule has 5 nitrogen and oxygen atoms in total. The molecule has 0 atom stereocenters. The number of benzene rings is 1. The molecule has 1 heterocycles. The first-order valence-electron chi connectivity index (χ1n) is 8.35. The summed E-state index contributed by atoms with van der Waals surface area (Å²) in [7, 11) is 0. The molecule has 0 saturated carbocycles. The van der Waals surface area contributed by atoms with Gasteiger partial charge in [-0.15, -0.1) is 0 Å². The number of esters is 1. The van der Waals surface area contributed by atoms with E-state index in [1.165, 1.54) is 0 Å². The lowest BCUT2D eigenvalue weighted by molar-refractivity contribution is -0.140. The van der Waals surface area contributed by atoms with Crippen LogP contribution in [0.3, 0.4) is 0 Å². The molecule has 1 aromatic carbocycles. The average molecular weight is 385 g/mol. The van der Waals surface area contributed by atoms with E-state index in [2.05, 4.69) is 5.32 Å². The zero-order valence-electron chi connectivity index (χ0n) is 14.4. The van der Waals surface area contributed by atoms with E-state index in [1.807, 2.05) is 4.90 Å². The summed E-state index contributed by atoms with van der Waals surface area (Å²) in [4.78, 5) is 27.2. The molecule has 2 rings (SSSR count). The van der Waals surface area contributed by atoms with Gasteiger partial charge in [-0.25, -0.2) is 4.79 Å². The van der Waals surface area contributed by atoms with Gasteiger partial charge in [0.25, 0.3) is 0 Å². The largest absolute Gasteiger partial charge is 0.462 e. The Kier molecular flexibility index (Phi) is 7.29. The zero-order valence-corrected chi connectivity index (χ0v) is 15.9. The summed E-state index contributed by atoms with van der Waals surface area (Å²) in [5.74, 6) is -0.883. The van der Waals surface area contributed by atoms with Crippen molar-refractivity contribution < 1.29 is 14.3 Å². The van der Waals surface area contributed by atoms with Gasteiger partial charge in [0.15, 0.2) is 5.78 Å². The number of hydrogen-bond acceptors (Lipinski definition) is 5. The normalized spacial score (nSPS) is 15.6. The molecule has 0 unspecified atom stereocenters. The maximum Gasteiger partial charge on any atom is 0.343 e. The van der Waals surface area contributed by atoms with Crippen LogP contribution >= 0.6 is 23.2 Å². The fraction of sp³-hybridized carbons (Fsp3) is 0.444. The maximum atomic E-state index is 12.6. The highest BCUT2D eigenvalue weighted by molar-refractivity contribution is 6.36. The molecule has 0 bridgehead atoms. The van der Waals surface area contributed by atoms with Crippen LogP contribution in [0.4, 0.5) is 0 Å². The number of ketones is 1. The standard InChI is InChI=1S/C18H22Cl2N2O3/c1-3-15(23)16(18(24)25-4-2)17(22-9-7-21-8-10-22)13-6-5-12(19)11-14(13)20/h5-6,11,21H,3-4,7-10H2,1-2H3. The van der Waals surface area contributed by atoms with Gasteiger partial charge in [0.05, 0.1) is 17.3 Å². The predicted octanol–water partition coefficient (Wildman–Crippen LogP) is 3.15. The Labute approximate surface area is 157 Å². The number of ether oxygens (including phenoxy) is 1. The Morgan fingerprint density at radius 2 is 1.88 bits per heavy atom. The van der Waals surface area contributed by atoms with E-state index < -0.39 is 5.97 Å².